The molecule has 0 aliphatic carbocycles. The average Bonchev–Trinajstić information content (AvgIpc) is 0.851. The van der Waals surface area contributed by atoms with E-state index < -0.39 is 93.6 Å². The van der Waals surface area contributed by atoms with Crippen molar-refractivity contribution < 1.29 is 124 Å². The number of rotatable bonds is 20. The number of aldehydes is 1. The molecular weight excluding hydrogens is 1880 g/mol. The maximum atomic E-state index is 13.8. The molecule has 692 valence electrons. The summed E-state index contributed by atoms with van der Waals surface area (Å²) in [5, 5.41) is 69.2. The second kappa shape index (κ2) is 56.5. The van der Waals surface area contributed by atoms with Gasteiger partial charge >= 0.3 is 36.3 Å². The van der Waals surface area contributed by atoms with Crippen molar-refractivity contribution in [3.05, 3.63) is 281 Å². The van der Waals surface area contributed by atoms with Crippen LogP contribution < -0.4 is 5.32 Å². The number of hydrogen-bond donors (Lipinski definition) is 8. The van der Waals surface area contributed by atoms with Gasteiger partial charge in [0.25, 0.3) is 0 Å². The number of halogens is 12. The van der Waals surface area contributed by atoms with Gasteiger partial charge in [0.2, 0.25) is 0 Å². The lowest BCUT2D eigenvalue weighted by atomic mass is 10.1. The molecule has 0 unspecified atom stereocenters. The Hall–Kier alpha value is -10.6. The van der Waals surface area contributed by atoms with Crippen molar-refractivity contribution in [3.63, 3.8) is 0 Å². The minimum absolute atomic E-state index is 0. The molecule has 0 atom stereocenters. The zero-order chi connectivity index (χ0) is 95.6. The average molecular weight is 1990 g/mol. The van der Waals surface area contributed by atoms with Crippen molar-refractivity contribution in [2.75, 3.05) is 35.2 Å². The van der Waals surface area contributed by atoms with Gasteiger partial charge in [0, 0.05) is 93.8 Å². The Morgan fingerprint density at radius 3 is 0.968 bits per heavy atom. The molecule has 8 rings (SSSR count). The normalized spacial score (nSPS) is 10.9. The molecular formula is C89H109Br3ClF8N7O18. The van der Waals surface area contributed by atoms with Gasteiger partial charge in [0.05, 0.1) is 48.3 Å². The monoisotopic (exact) mass is 1990 g/mol. The Labute approximate surface area is 760 Å². The largest absolute Gasteiger partial charge is 0.478 e. The molecule has 126 heavy (non-hydrogen) atoms. The van der Waals surface area contributed by atoms with Crippen LogP contribution in [0.4, 0.5) is 54.3 Å². The van der Waals surface area contributed by atoms with E-state index in [1.54, 1.807) is 186 Å². The minimum atomic E-state index is -1.24. The Morgan fingerprint density at radius 2 is 0.683 bits per heavy atom. The number of oxime groups is 2. The highest BCUT2D eigenvalue weighted by Gasteiger charge is 2.25. The summed E-state index contributed by atoms with van der Waals surface area (Å²) >= 11 is 11.9. The number of hydrogen-bond acceptors (Lipinski definition) is 19. The van der Waals surface area contributed by atoms with Crippen LogP contribution in [-0.2, 0) is 82.2 Å². The first-order chi connectivity index (χ1) is 58.1. The Kier molecular flexibility index (Phi) is 51.7. The predicted octanol–water partition coefficient (Wildman–Crippen LogP) is 20.3. The number of carboxylic acid groups (broad SMARTS) is 2. The third kappa shape index (κ3) is 45.5. The van der Waals surface area contributed by atoms with E-state index in [1.165, 1.54) is 105 Å². The van der Waals surface area contributed by atoms with Gasteiger partial charge in [0.1, 0.15) is 68.9 Å². The maximum Gasteiger partial charge on any atom is 0.410 e. The first-order valence-electron chi connectivity index (χ1n) is 37.7. The zero-order valence-corrected chi connectivity index (χ0v) is 78.6. The number of ether oxygens (including phenoxy) is 4. The van der Waals surface area contributed by atoms with Crippen LogP contribution in [0.1, 0.15) is 186 Å². The summed E-state index contributed by atoms with van der Waals surface area (Å²) in [4.78, 5) is 83.6. The Bertz CT molecular complexity index is 4920. The number of carbonyl (C=O) groups is 7. The lowest BCUT2D eigenvalue weighted by molar-refractivity contribution is 0.0275. The summed E-state index contributed by atoms with van der Waals surface area (Å²) in [6.07, 6.45) is -0.444. The highest BCUT2D eigenvalue weighted by atomic mass is 79.9. The molecule has 0 radical (unpaired) electrons. The second-order valence-corrected chi connectivity index (χ2v) is 32.6. The van der Waals surface area contributed by atoms with Crippen LogP contribution in [0, 0.1) is 53.5 Å². The summed E-state index contributed by atoms with van der Waals surface area (Å²) in [7, 11) is 8.10. The standard InChI is InChI=1S/C14H18ClFN2O3.C14H19FN2O3.C14H20FNO3.C14H18FNO3.C9H12FNO.C8H6BrFO2.C8H8BrFO.C8H7FO2.BrH/c1-14(2,3)21-13(19)18(4)8-9-5-6-10(11(16)7-9)12(15)17-20;1-14(2,3)20-13(18)17(4)9-10-5-6-11(8-16-19)12(15)7-10;2*1-14(2,3)19-13(18)16(4)8-10-5-6-11(9-17)12(15)7-10;1-11-5-7-2-3-8(6-12)9(10)4-7;9-4-5-1-2-6(8(11)12)7(10)3-5;9-4-6-1-2-7(5-11)8(10)3-6;1-5-2-3-6(8(10)11)7(9)4-5;/h5-7,20H,8H2,1-4H3;5-8,19H,9H2,1-4H3;5-7,17H,8-9H2,1-4H3;5-7,9H,8H2,1-4H3;2-4,11-12H,5-6H2,1H3;1-3H,4H2,(H,11,12);1-3,11H,4-5H2;2-4H,1H3,(H,10,11);1H. The number of aliphatic hydroxyl groups excluding tert-OH is 3. The fourth-order valence-electron chi connectivity index (χ4n) is 9.45. The van der Waals surface area contributed by atoms with Crippen LogP contribution in [-0.4, -0.2) is 167 Å². The first kappa shape index (κ1) is 115. The second-order valence-electron chi connectivity index (χ2n) is 31.1. The third-order valence-electron chi connectivity index (χ3n) is 15.5. The lowest BCUT2D eigenvalue weighted by Crippen LogP contribution is -2.33. The summed E-state index contributed by atoms with van der Waals surface area (Å²) in [5.74, 6) is -6.75. The number of benzene rings is 8. The van der Waals surface area contributed by atoms with Gasteiger partial charge in [0.15, 0.2) is 11.5 Å². The Morgan fingerprint density at radius 1 is 0.413 bits per heavy atom. The fourth-order valence-corrected chi connectivity index (χ4v) is 10.3. The molecule has 0 bridgehead atoms. The highest BCUT2D eigenvalue weighted by molar-refractivity contribution is 9.08. The van der Waals surface area contributed by atoms with Crippen LogP contribution in [0.5, 0.6) is 0 Å². The van der Waals surface area contributed by atoms with Crippen LogP contribution >= 0.6 is 60.4 Å². The molecule has 0 fully saturated rings. The van der Waals surface area contributed by atoms with E-state index in [4.69, 9.17) is 66.5 Å². The van der Waals surface area contributed by atoms with Crippen molar-refractivity contribution in [3.8, 4) is 0 Å². The zero-order valence-electron chi connectivity index (χ0n) is 73.0. The molecule has 0 aliphatic heterocycles. The molecule has 8 aromatic carbocycles. The first-order valence-corrected chi connectivity index (χ1v) is 40.3. The van der Waals surface area contributed by atoms with Crippen molar-refractivity contribution in [1.82, 2.24) is 24.9 Å². The van der Waals surface area contributed by atoms with Crippen LogP contribution in [0.2, 0.25) is 0 Å². The van der Waals surface area contributed by atoms with E-state index in [0.29, 0.717) is 62.4 Å². The molecule has 8 N–H and O–H groups in total. The summed E-state index contributed by atoms with van der Waals surface area (Å²) < 4.78 is 127. The number of nitrogens with one attached hydrogen (secondary N) is 1. The van der Waals surface area contributed by atoms with Gasteiger partial charge in [-0.05, 0) is 214 Å². The fraction of sp³-hybridized carbons (Fsp3) is 0.360. The van der Waals surface area contributed by atoms with Crippen molar-refractivity contribution >= 4 is 114 Å². The van der Waals surface area contributed by atoms with Crippen molar-refractivity contribution in [2.24, 2.45) is 10.3 Å². The van der Waals surface area contributed by atoms with E-state index in [2.05, 4.69) is 47.5 Å². The van der Waals surface area contributed by atoms with E-state index in [-0.39, 0.29) is 113 Å². The van der Waals surface area contributed by atoms with Gasteiger partial charge < -0.3 is 79.8 Å². The summed E-state index contributed by atoms with van der Waals surface area (Å²) in [5.41, 5.74) is 3.83. The molecule has 37 heteroatoms. The number of aliphatic hydroxyl groups is 3. The molecule has 0 aromatic heterocycles. The number of aryl methyl sites for hydroxylation is 1. The number of nitrogens with zero attached hydrogens (tertiary/aromatic N) is 6. The minimum Gasteiger partial charge on any atom is -0.478 e. The van der Waals surface area contributed by atoms with Crippen LogP contribution in [0.25, 0.3) is 0 Å². The lowest BCUT2D eigenvalue weighted by Gasteiger charge is -2.24. The van der Waals surface area contributed by atoms with Gasteiger partial charge in [-0.15, -0.1) is 17.0 Å². The molecule has 0 aliphatic rings. The summed E-state index contributed by atoms with van der Waals surface area (Å²) in [6, 6.07) is 35.0. The number of aromatic carboxylic acids is 2. The van der Waals surface area contributed by atoms with E-state index >= 15 is 0 Å². The highest BCUT2D eigenvalue weighted by Crippen LogP contribution is 2.23. The van der Waals surface area contributed by atoms with Gasteiger partial charge in [-0.25, -0.2) is 63.9 Å². The molecule has 0 saturated heterocycles. The van der Waals surface area contributed by atoms with Crippen molar-refractivity contribution in [1.29, 1.82) is 0 Å². The molecule has 0 spiro atoms. The molecule has 8 aromatic rings. The van der Waals surface area contributed by atoms with Crippen LogP contribution in [0.15, 0.2) is 156 Å². The summed E-state index contributed by atoms with van der Waals surface area (Å²) in [6.45, 7) is 23.7. The number of amides is 4. The molecule has 4 amide bonds. The van der Waals surface area contributed by atoms with E-state index in [9.17, 15) is 68.7 Å². The quantitative estimate of drug-likeness (QED) is 0.00668. The number of alkyl halides is 2. The molecule has 0 saturated carbocycles. The maximum absolute atomic E-state index is 13.8. The molecule has 0 heterocycles. The SMILES string of the molecule is Br.CN(Cc1ccc(C(Cl)=NO)c(F)c1)C(=O)OC(C)(C)C.CN(Cc1ccc(C=NO)c(F)c1)C(=O)OC(C)(C)C.CN(Cc1ccc(C=O)c(F)c1)C(=O)OC(C)(C)C.CN(Cc1ccc(CO)c(F)c1)C(=O)OC(C)(C)C.CNCc1ccc(CO)c(F)c1.Cc1ccc(C(=O)O)c(F)c1.O=C(O)c1ccc(CBr)cc1F.OCc1ccc(CBr)cc1F. The number of carbonyl (C=O) groups excluding carboxylic acids is 5. The van der Waals surface area contributed by atoms with Gasteiger partial charge in [-0.3, -0.25) is 4.79 Å². The third-order valence-corrected chi connectivity index (χ3v) is 17.0. The van der Waals surface area contributed by atoms with Crippen LogP contribution in [0.3, 0.4) is 0 Å². The Balaban J connectivity index is 0.00000143. The molecule has 25 nitrogen and oxygen atoms in total. The van der Waals surface area contributed by atoms with Gasteiger partial charge in [-0.2, -0.15) is 0 Å². The van der Waals surface area contributed by atoms with Crippen molar-refractivity contribution in [2.45, 2.75) is 176 Å². The predicted molar refractivity (Wildman–Crippen MR) is 476 cm³/mol. The van der Waals surface area contributed by atoms with E-state index in [1.807, 2.05) is 0 Å². The van der Waals surface area contributed by atoms with Gasteiger partial charge in [-0.1, -0.05) is 127 Å². The van der Waals surface area contributed by atoms with E-state index in [0.717, 1.165) is 22.9 Å². The smallest absolute Gasteiger partial charge is 0.410 e. The number of carboxylic acids is 2. The topological polar surface area (TPSA) is 348 Å².